The van der Waals surface area contributed by atoms with Crippen molar-refractivity contribution in [3.63, 3.8) is 0 Å². The first-order valence-electron chi connectivity index (χ1n) is 6.35. The van der Waals surface area contributed by atoms with Crippen molar-refractivity contribution in [2.45, 2.75) is 19.1 Å². The molecule has 2 rings (SSSR count). The van der Waals surface area contributed by atoms with Gasteiger partial charge in [-0.2, -0.15) is 4.39 Å². The number of morpholine rings is 1. The maximum Gasteiger partial charge on any atom is 0.327 e. The smallest absolute Gasteiger partial charge is 0.327 e. The molecule has 0 saturated carbocycles. The molecule has 20 heavy (non-hydrogen) atoms. The van der Waals surface area contributed by atoms with Crippen molar-refractivity contribution in [3.05, 3.63) is 34.1 Å². The zero-order valence-electron chi connectivity index (χ0n) is 11.4. The third-order valence-corrected chi connectivity index (χ3v) is 3.17. The lowest BCUT2D eigenvalue weighted by Crippen LogP contribution is -2.48. The van der Waals surface area contributed by atoms with E-state index in [0.29, 0.717) is 19.7 Å². The van der Waals surface area contributed by atoms with Crippen LogP contribution in [0.25, 0.3) is 0 Å². The summed E-state index contributed by atoms with van der Waals surface area (Å²) in [6.07, 6.45) is -0.293. The Balaban J connectivity index is 2.30. The number of rotatable bonds is 4. The zero-order valence-corrected chi connectivity index (χ0v) is 11.4. The van der Waals surface area contributed by atoms with Crippen LogP contribution in [0, 0.1) is 15.9 Å². The van der Waals surface area contributed by atoms with Crippen LogP contribution in [0.1, 0.15) is 6.92 Å². The summed E-state index contributed by atoms with van der Waals surface area (Å²) >= 11 is 0. The highest BCUT2D eigenvalue weighted by Gasteiger charge is 2.31. The Morgan fingerprint density at radius 3 is 2.95 bits per heavy atom. The molecule has 2 unspecified atom stereocenters. The molecular weight excluding hydrogens is 267 g/mol. The van der Waals surface area contributed by atoms with E-state index < -0.39 is 16.4 Å². The van der Waals surface area contributed by atoms with Crippen molar-refractivity contribution < 1.29 is 18.8 Å². The van der Waals surface area contributed by atoms with Crippen LogP contribution in [0.3, 0.4) is 0 Å². The van der Waals surface area contributed by atoms with Gasteiger partial charge in [-0.3, -0.25) is 10.1 Å². The van der Waals surface area contributed by atoms with Crippen molar-refractivity contribution in [1.82, 2.24) is 0 Å². The molecule has 1 aromatic carbocycles. The molecule has 0 bridgehead atoms. The zero-order chi connectivity index (χ0) is 14.7. The fraction of sp³-hybridized carbons (Fsp3) is 0.538. The first-order chi connectivity index (χ1) is 9.52. The molecule has 1 saturated heterocycles. The van der Waals surface area contributed by atoms with Gasteiger partial charge >= 0.3 is 5.69 Å². The van der Waals surface area contributed by atoms with Gasteiger partial charge in [-0.15, -0.1) is 0 Å². The second-order valence-electron chi connectivity index (χ2n) is 4.79. The SMILES string of the molecule is COCC1CN(c2cccc(F)c2[N+](=O)[O-])CC(C)O1. The molecule has 110 valence electrons. The highest BCUT2D eigenvalue weighted by molar-refractivity contribution is 5.64. The molecule has 1 fully saturated rings. The lowest BCUT2D eigenvalue weighted by atomic mass is 10.1. The van der Waals surface area contributed by atoms with Gasteiger partial charge in [-0.25, -0.2) is 0 Å². The Bertz CT molecular complexity index is 497. The predicted molar refractivity (Wildman–Crippen MR) is 71.5 cm³/mol. The number of nitro benzene ring substituents is 1. The maximum atomic E-state index is 13.7. The Hall–Kier alpha value is -1.73. The van der Waals surface area contributed by atoms with Crippen molar-refractivity contribution in [2.24, 2.45) is 0 Å². The molecule has 0 N–H and O–H groups in total. The van der Waals surface area contributed by atoms with Gasteiger partial charge in [-0.05, 0) is 19.1 Å². The third-order valence-electron chi connectivity index (χ3n) is 3.17. The highest BCUT2D eigenvalue weighted by Crippen LogP contribution is 2.32. The number of hydrogen-bond donors (Lipinski definition) is 0. The Morgan fingerprint density at radius 2 is 2.30 bits per heavy atom. The van der Waals surface area contributed by atoms with Crippen LogP contribution in [0.15, 0.2) is 18.2 Å². The van der Waals surface area contributed by atoms with E-state index in [4.69, 9.17) is 9.47 Å². The maximum absolute atomic E-state index is 13.7. The number of anilines is 1. The lowest BCUT2D eigenvalue weighted by molar-refractivity contribution is -0.386. The molecule has 0 amide bonds. The normalized spacial score (nSPS) is 22.9. The molecule has 6 nitrogen and oxygen atoms in total. The number of methoxy groups -OCH3 is 1. The summed E-state index contributed by atoms with van der Waals surface area (Å²) in [5.74, 6) is -0.824. The van der Waals surface area contributed by atoms with Crippen molar-refractivity contribution >= 4 is 11.4 Å². The van der Waals surface area contributed by atoms with Gasteiger partial charge in [0.05, 0.1) is 23.7 Å². The fourth-order valence-electron chi connectivity index (χ4n) is 2.46. The third kappa shape index (κ3) is 3.05. The van der Waals surface area contributed by atoms with E-state index in [2.05, 4.69) is 0 Å². The molecule has 1 heterocycles. The van der Waals surface area contributed by atoms with E-state index in [1.165, 1.54) is 6.07 Å². The second-order valence-corrected chi connectivity index (χ2v) is 4.79. The summed E-state index contributed by atoms with van der Waals surface area (Å²) in [5.41, 5.74) is -0.205. The van der Waals surface area contributed by atoms with E-state index in [1.807, 2.05) is 6.92 Å². The molecule has 1 aromatic rings. The number of nitro groups is 1. The van der Waals surface area contributed by atoms with Crippen LogP contribution in [0.2, 0.25) is 0 Å². The van der Waals surface area contributed by atoms with Gasteiger partial charge in [0.2, 0.25) is 5.82 Å². The predicted octanol–water partition coefficient (Wildman–Crippen LogP) is 1.97. The Morgan fingerprint density at radius 1 is 1.55 bits per heavy atom. The summed E-state index contributed by atoms with van der Waals surface area (Å²) in [5, 5.41) is 11.1. The van der Waals surface area contributed by atoms with Gasteiger partial charge < -0.3 is 14.4 Å². The Kier molecular flexibility index (Phi) is 4.51. The molecular formula is C13H17FN2O4. The van der Waals surface area contributed by atoms with Crippen LogP contribution >= 0.6 is 0 Å². The number of ether oxygens (including phenoxy) is 2. The number of nitrogens with zero attached hydrogens (tertiary/aromatic N) is 2. The number of para-hydroxylation sites is 1. The van der Waals surface area contributed by atoms with Crippen LogP contribution < -0.4 is 4.90 Å². The summed E-state index contributed by atoms with van der Waals surface area (Å²) < 4.78 is 24.4. The average molecular weight is 284 g/mol. The van der Waals surface area contributed by atoms with Crippen molar-refractivity contribution in [2.75, 3.05) is 31.7 Å². The molecule has 0 aliphatic carbocycles. The van der Waals surface area contributed by atoms with E-state index in [9.17, 15) is 14.5 Å². The number of hydrogen-bond acceptors (Lipinski definition) is 5. The van der Waals surface area contributed by atoms with Crippen LogP contribution in [-0.2, 0) is 9.47 Å². The van der Waals surface area contributed by atoms with Crippen LogP contribution in [0.4, 0.5) is 15.8 Å². The minimum Gasteiger partial charge on any atom is -0.382 e. The molecule has 1 aliphatic rings. The number of halogens is 1. The Labute approximate surface area is 116 Å². The van der Waals surface area contributed by atoms with Crippen molar-refractivity contribution in [3.8, 4) is 0 Å². The van der Waals surface area contributed by atoms with Gasteiger partial charge in [-0.1, -0.05) is 6.07 Å². The monoisotopic (exact) mass is 284 g/mol. The van der Waals surface area contributed by atoms with E-state index in [-0.39, 0.29) is 17.9 Å². The van der Waals surface area contributed by atoms with Gasteiger partial charge in [0.15, 0.2) is 0 Å². The van der Waals surface area contributed by atoms with E-state index in [0.717, 1.165) is 6.07 Å². The van der Waals surface area contributed by atoms with Gasteiger partial charge in [0.25, 0.3) is 0 Å². The minimum absolute atomic E-state index is 0.105. The highest BCUT2D eigenvalue weighted by atomic mass is 19.1. The lowest BCUT2D eigenvalue weighted by Gasteiger charge is -2.37. The van der Waals surface area contributed by atoms with Crippen molar-refractivity contribution in [1.29, 1.82) is 0 Å². The topological polar surface area (TPSA) is 64.8 Å². The minimum atomic E-state index is -0.824. The summed E-state index contributed by atoms with van der Waals surface area (Å²) in [6.45, 7) is 3.18. The fourth-order valence-corrected chi connectivity index (χ4v) is 2.46. The van der Waals surface area contributed by atoms with Gasteiger partial charge in [0, 0.05) is 20.2 Å². The van der Waals surface area contributed by atoms with Crippen LogP contribution in [0.5, 0.6) is 0 Å². The summed E-state index contributed by atoms with van der Waals surface area (Å²) in [6, 6.07) is 4.13. The molecule has 0 spiro atoms. The molecule has 2 atom stereocenters. The molecule has 7 heteroatoms. The molecule has 0 radical (unpaired) electrons. The van der Waals surface area contributed by atoms with E-state index >= 15 is 0 Å². The summed E-state index contributed by atoms with van der Waals surface area (Å²) in [4.78, 5) is 12.1. The first kappa shape index (κ1) is 14.7. The standard InChI is InChI=1S/C13H17FN2O4/c1-9-6-15(7-10(20-9)8-19-2)12-5-3-4-11(14)13(12)16(17)18/h3-5,9-10H,6-8H2,1-2H3. The van der Waals surface area contributed by atoms with Crippen LogP contribution in [-0.4, -0.2) is 43.9 Å². The quantitative estimate of drug-likeness (QED) is 0.625. The van der Waals surface area contributed by atoms with Gasteiger partial charge in [0.1, 0.15) is 5.69 Å². The second kappa shape index (κ2) is 6.15. The molecule has 0 aromatic heterocycles. The number of benzene rings is 1. The first-order valence-corrected chi connectivity index (χ1v) is 6.35. The largest absolute Gasteiger partial charge is 0.382 e. The average Bonchev–Trinajstić information content (AvgIpc) is 2.37. The summed E-state index contributed by atoms with van der Waals surface area (Å²) in [7, 11) is 1.57. The molecule has 1 aliphatic heterocycles. The van der Waals surface area contributed by atoms with E-state index in [1.54, 1.807) is 18.1 Å².